The van der Waals surface area contributed by atoms with Gasteiger partial charge in [0.1, 0.15) is 5.82 Å². The number of aromatic nitrogens is 4. The summed E-state index contributed by atoms with van der Waals surface area (Å²) in [5, 5.41) is 7.70. The first-order chi connectivity index (χ1) is 14.0. The molecule has 1 amide bonds. The molecule has 7 nitrogen and oxygen atoms in total. The van der Waals surface area contributed by atoms with E-state index in [1.807, 2.05) is 6.07 Å². The number of aryl methyl sites for hydroxylation is 4. The molecule has 0 fully saturated rings. The quantitative estimate of drug-likeness (QED) is 0.840. The number of carbonyl (C=O) groups excluding carboxylic acids is 1. The molecule has 1 aliphatic heterocycles. The van der Waals surface area contributed by atoms with Gasteiger partial charge < -0.3 is 5.32 Å². The van der Waals surface area contributed by atoms with Crippen molar-refractivity contribution in [1.82, 2.24) is 24.6 Å². The molecule has 1 atom stereocenters. The maximum absolute atomic E-state index is 12.8. The van der Waals surface area contributed by atoms with E-state index in [1.54, 1.807) is 15.4 Å². The Morgan fingerprint density at radius 1 is 1.24 bits per heavy atom. The van der Waals surface area contributed by atoms with Crippen LogP contribution >= 0.6 is 0 Å². The lowest BCUT2D eigenvalue weighted by atomic mass is 9.95. The van der Waals surface area contributed by atoms with Gasteiger partial charge in [0, 0.05) is 37.4 Å². The summed E-state index contributed by atoms with van der Waals surface area (Å²) < 4.78 is 3.39. The summed E-state index contributed by atoms with van der Waals surface area (Å²) >= 11 is 0. The first kappa shape index (κ1) is 19.9. The predicted molar refractivity (Wildman–Crippen MR) is 111 cm³/mol. The standard InChI is InChI=1S/C22H31N5O2/c1-15(2)9-12-27-22(29)26-11-10-18(7-8-20(26)25-27)24-21(28)17-13-16-5-3-4-6-19(16)23-14-17/h13-15,18H,3-12H2,1-2H3,(H,24,28). The molecule has 0 saturated carbocycles. The summed E-state index contributed by atoms with van der Waals surface area (Å²) in [5.41, 5.74) is 2.98. The number of hydrogen-bond acceptors (Lipinski definition) is 4. The van der Waals surface area contributed by atoms with Crippen LogP contribution in [0, 0.1) is 5.92 Å². The zero-order valence-electron chi connectivity index (χ0n) is 17.5. The van der Waals surface area contributed by atoms with Crippen LogP contribution in [-0.2, 0) is 32.4 Å². The van der Waals surface area contributed by atoms with Gasteiger partial charge in [-0.25, -0.2) is 9.48 Å². The second-order valence-electron chi connectivity index (χ2n) is 8.79. The van der Waals surface area contributed by atoms with E-state index in [0.29, 0.717) is 31.0 Å². The van der Waals surface area contributed by atoms with Gasteiger partial charge in [-0.3, -0.25) is 14.3 Å². The lowest BCUT2D eigenvalue weighted by Gasteiger charge is -2.18. The van der Waals surface area contributed by atoms with E-state index in [1.165, 1.54) is 18.4 Å². The molecule has 1 N–H and O–H groups in total. The van der Waals surface area contributed by atoms with Crippen LogP contribution in [0.2, 0.25) is 0 Å². The number of amides is 1. The van der Waals surface area contributed by atoms with Crippen molar-refractivity contribution in [3.05, 3.63) is 45.4 Å². The SMILES string of the molecule is CC(C)CCn1nc2n(c1=O)CCC(NC(=O)c1cnc3c(c1)CCCC3)CC2. The molecule has 2 aromatic heterocycles. The fraction of sp³-hybridized carbons (Fsp3) is 0.636. The van der Waals surface area contributed by atoms with Crippen LogP contribution in [0.5, 0.6) is 0 Å². The molecule has 0 bridgehead atoms. The molecule has 0 aromatic carbocycles. The lowest BCUT2D eigenvalue weighted by molar-refractivity contribution is 0.0932. The zero-order chi connectivity index (χ0) is 20.4. The second kappa shape index (κ2) is 8.51. The molecule has 29 heavy (non-hydrogen) atoms. The van der Waals surface area contributed by atoms with E-state index in [-0.39, 0.29) is 17.6 Å². The summed E-state index contributed by atoms with van der Waals surface area (Å²) in [6.07, 6.45) is 9.27. The van der Waals surface area contributed by atoms with Gasteiger partial charge in [-0.15, -0.1) is 0 Å². The van der Waals surface area contributed by atoms with Crippen molar-refractivity contribution in [2.75, 3.05) is 0 Å². The van der Waals surface area contributed by atoms with Crippen molar-refractivity contribution in [3.8, 4) is 0 Å². The zero-order valence-corrected chi connectivity index (χ0v) is 17.5. The Morgan fingerprint density at radius 3 is 2.90 bits per heavy atom. The summed E-state index contributed by atoms with van der Waals surface area (Å²) in [6.45, 7) is 5.57. The molecular formula is C22H31N5O2. The maximum atomic E-state index is 12.8. The molecule has 156 valence electrons. The van der Waals surface area contributed by atoms with E-state index in [0.717, 1.165) is 43.6 Å². The third kappa shape index (κ3) is 4.43. The van der Waals surface area contributed by atoms with Crippen LogP contribution in [0.4, 0.5) is 0 Å². The van der Waals surface area contributed by atoms with Gasteiger partial charge in [-0.2, -0.15) is 5.10 Å². The highest BCUT2D eigenvalue weighted by Crippen LogP contribution is 2.20. The highest BCUT2D eigenvalue weighted by molar-refractivity contribution is 5.94. The molecule has 1 unspecified atom stereocenters. The van der Waals surface area contributed by atoms with Crippen molar-refractivity contribution < 1.29 is 4.79 Å². The van der Waals surface area contributed by atoms with Crippen molar-refractivity contribution in [2.45, 2.75) is 84.3 Å². The molecule has 4 rings (SSSR count). The minimum absolute atomic E-state index is 0.0217. The van der Waals surface area contributed by atoms with Gasteiger partial charge in [0.05, 0.1) is 5.56 Å². The van der Waals surface area contributed by atoms with E-state index in [2.05, 4.69) is 29.2 Å². The Kier molecular flexibility index (Phi) is 5.83. The number of nitrogens with zero attached hydrogens (tertiary/aromatic N) is 4. The van der Waals surface area contributed by atoms with Gasteiger partial charge >= 0.3 is 5.69 Å². The third-order valence-corrected chi connectivity index (χ3v) is 6.10. The molecule has 2 aliphatic rings. The second-order valence-corrected chi connectivity index (χ2v) is 8.79. The van der Waals surface area contributed by atoms with Crippen LogP contribution in [0.25, 0.3) is 0 Å². The minimum Gasteiger partial charge on any atom is -0.349 e. The Labute approximate surface area is 171 Å². The van der Waals surface area contributed by atoms with Crippen molar-refractivity contribution in [1.29, 1.82) is 0 Å². The monoisotopic (exact) mass is 397 g/mol. The Morgan fingerprint density at radius 2 is 2.07 bits per heavy atom. The molecular weight excluding hydrogens is 366 g/mol. The highest BCUT2D eigenvalue weighted by Gasteiger charge is 2.23. The highest BCUT2D eigenvalue weighted by atomic mass is 16.2. The normalized spacial score (nSPS) is 18.8. The van der Waals surface area contributed by atoms with Crippen LogP contribution in [-0.4, -0.2) is 31.3 Å². The van der Waals surface area contributed by atoms with Gasteiger partial charge in [-0.1, -0.05) is 13.8 Å². The third-order valence-electron chi connectivity index (χ3n) is 6.10. The summed E-state index contributed by atoms with van der Waals surface area (Å²) in [5.74, 6) is 1.32. The number of hydrogen-bond donors (Lipinski definition) is 1. The van der Waals surface area contributed by atoms with Crippen LogP contribution in [0.1, 0.15) is 73.4 Å². The van der Waals surface area contributed by atoms with Gasteiger partial charge in [-0.05, 0) is 62.5 Å². The Bertz CT molecular complexity index is 943. The number of rotatable bonds is 5. The lowest BCUT2D eigenvalue weighted by Crippen LogP contribution is -2.36. The fourth-order valence-corrected chi connectivity index (χ4v) is 4.28. The van der Waals surface area contributed by atoms with Gasteiger partial charge in [0.15, 0.2) is 0 Å². The topological polar surface area (TPSA) is 81.8 Å². The van der Waals surface area contributed by atoms with Crippen molar-refractivity contribution in [3.63, 3.8) is 0 Å². The first-order valence-corrected chi connectivity index (χ1v) is 11.0. The van der Waals surface area contributed by atoms with E-state index in [9.17, 15) is 9.59 Å². The van der Waals surface area contributed by atoms with Gasteiger partial charge in [0.2, 0.25) is 0 Å². The fourth-order valence-electron chi connectivity index (χ4n) is 4.28. The van der Waals surface area contributed by atoms with E-state index in [4.69, 9.17) is 0 Å². The molecule has 3 heterocycles. The molecule has 0 radical (unpaired) electrons. The van der Waals surface area contributed by atoms with E-state index >= 15 is 0 Å². The maximum Gasteiger partial charge on any atom is 0.345 e. The van der Waals surface area contributed by atoms with Crippen LogP contribution in [0.3, 0.4) is 0 Å². The minimum atomic E-state index is -0.0650. The average molecular weight is 398 g/mol. The van der Waals surface area contributed by atoms with E-state index < -0.39 is 0 Å². The Balaban J connectivity index is 1.39. The van der Waals surface area contributed by atoms with Crippen molar-refractivity contribution in [2.24, 2.45) is 5.92 Å². The molecule has 1 aliphatic carbocycles. The summed E-state index contributed by atoms with van der Waals surface area (Å²) in [6, 6.07) is 2.05. The van der Waals surface area contributed by atoms with Crippen LogP contribution in [0.15, 0.2) is 17.1 Å². The number of nitrogens with one attached hydrogen (secondary N) is 1. The number of pyridine rings is 1. The van der Waals surface area contributed by atoms with Crippen molar-refractivity contribution >= 4 is 5.91 Å². The largest absolute Gasteiger partial charge is 0.349 e. The predicted octanol–water partition coefficient (Wildman–Crippen LogP) is 2.50. The Hall–Kier alpha value is -2.44. The molecule has 2 aromatic rings. The number of carbonyl (C=O) groups is 1. The first-order valence-electron chi connectivity index (χ1n) is 11.0. The molecule has 0 spiro atoms. The van der Waals surface area contributed by atoms with Gasteiger partial charge in [0.25, 0.3) is 5.91 Å². The van der Waals surface area contributed by atoms with Crippen LogP contribution < -0.4 is 11.0 Å². The summed E-state index contributed by atoms with van der Waals surface area (Å²) in [4.78, 5) is 29.9. The number of fused-ring (bicyclic) bond motifs is 2. The molecule has 7 heteroatoms. The summed E-state index contributed by atoms with van der Waals surface area (Å²) in [7, 11) is 0. The molecule has 0 saturated heterocycles. The average Bonchev–Trinajstić information content (AvgIpc) is 2.88. The smallest absolute Gasteiger partial charge is 0.345 e.